The zero-order valence-corrected chi connectivity index (χ0v) is 40.8. The highest BCUT2D eigenvalue weighted by molar-refractivity contribution is 7.25. The van der Waals surface area contributed by atoms with Crippen molar-refractivity contribution in [2.24, 2.45) is 17.8 Å². The summed E-state index contributed by atoms with van der Waals surface area (Å²) < 4.78 is 16.0. The van der Waals surface area contributed by atoms with Crippen LogP contribution in [0.15, 0.2) is 203 Å². The van der Waals surface area contributed by atoms with Crippen molar-refractivity contribution in [3.8, 4) is 67.5 Å². The van der Waals surface area contributed by atoms with Crippen molar-refractivity contribution >= 4 is 75.4 Å². The molecule has 0 unspecified atom stereocenters. The van der Waals surface area contributed by atoms with Crippen molar-refractivity contribution in [3.63, 3.8) is 0 Å². The second-order valence-electron chi connectivity index (χ2n) is 21.3. The Hall–Kier alpha value is -8.19. The normalized spacial score (nSPS) is 19.4. The molecule has 0 radical (unpaired) electrons. The van der Waals surface area contributed by atoms with Crippen LogP contribution >= 0.6 is 11.3 Å². The second-order valence-corrected chi connectivity index (χ2v) is 22.4. The van der Waals surface area contributed by atoms with Gasteiger partial charge < -0.3 is 8.83 Å². The number of nitrogens with zero attached hydrogens (tertiary/aromatic N) is 3. The van der Waals surface area contributed by atoms with Gasteiger partial charge in [0.1, 0.15) is 22.3 Å². The van der Waals surface area contributed by atoms with Crippen LogP contribution in [0.25, 0.3) is 132 Å². The minimum atomic E-state index is 0.339. The van der Waals surface area contributed by atoms with Crippen LogP contribution in [0.2, 0.25) is 0 Å². The predicted molar refractivity (Wildman–Crippen MR) is 300 cm³/mol. The zero-order valence-electron chi connectivity index (χ0n) is 40.0. The molecule has 13 aromatic rings. The first kappa shape index (κ1) is 41.4. The third kappa shape index (κ3) is 6.70. The lowest BCUT2D eigenvalue weighted by atomic mass is 9.48. The maximum absolute atomic E-state index is 6.97. The Morgan fingerprint density at radius 1 is 0.370 bits per heavy atom. The molecule has 0 aliphatic heterocycles. The maximum atomic E-state index is 6.97. The molecular weight excluding hydrogens is 911 g/mol. The molecule has 17 rings (SSSR count). The van der Waals surface area contributed by atoms with Crippen LogP contribution in [0, 0.1) is 17.8 Å². The largest absolute Gasteiger partial charge is 0.456 e. The number of furan rings is 2. The molecule has 6 heteroatoms. The number of hydrogen-bond acceptors (Lipinski definition) is 6. The van der Waals surface area contributed by atoms with E-state index in [4.69, 9.17) is 23.8 Å². The molecule has 0 N–H and O–H groups in total. The monoisotopic (exact) mass is 957 g/mol. The van der Waals surface area contributed by atoms with Crippen molar-refractivity contribution in [1.82, 2.24) is 15.0 Å². The lowest BCUT2D eigenvalue weighted by Crippen LogP contribution is -2.48. The second kappa shape index (κ2) is 15.9. The molecule has 0 atom stereocenters. The molecule has 0 saturated heterocycles. The predicted octanol–water partition coefficient (Wildman–Crippen LogP) is 18.5. The molecule has 4 heterocycles. The first-order chi connectivity index (χ1) is 36.0. The van der Waals surface area contributed by atoms with Crippen LogP contribution < -0.4 is 0 Å². The average molecular weight is 958 g/mol. The summed E-state index contributed by atoms with van der Waals surface area (Å²) >= 11 is 1.84. The van der Waals surface area contributed by atoms with Gasteiger partial charge in [-0.3, -0.25) is 0 Å². The van der Waals surface area contributed by atoms with E-state index in [0.717, 1.165) is 106 Å². The fraction of sp³-hybridized carbons (Fsp3) is 0.149. The standard InChI is InChI=1S/C67H47N3O2S/c1-2-10-42(11-3-1)46-31-47(44-20-25-54-53-13-6-9-17-60(53)73-61(54)35-44)33-48(32-46)65-68-64(45-21-24-52-51-12-4-7-15-57(51)71-59(52)34-45)69-66(70-65)56-27-26-50(62-55-14-5-8-16-58(55)72-63(56)62)43-18-22-49(23-19-43)67-36-39-28-40(37-67)30-41(29-39)38-67/h1-27,31-35,39-41H,28-30,36-38H2. The molecule has 4 aliphatic rings. The van der Waals surface area contributed by atoms with E-state index in [1.165, 1.54) is 69.8 Å². The van der Waals surface area contributed by atoms with Crippen LogP contribution in [0.4, 0.5) is 0 Å². The van der Waals surface area contributed by atoms with E-state index >= 15 is 0 Å². The number of thiophene rings is 1. The first-order valence-electron chi connectivity index (χ1n) is 25.9. The fourth-order valence-electron chi connectivity index (χ4n) is 14.0. The summed E-state index contributed by atoms with van der Waals surface area (Å²) in [7, 11) is 0. The van der Waals surface area contributed by atoms with Crippen LogP contribution in [-0.4, -0.2) is 15.0 Å². The van der Waals surface area contributed by atoms with E-state index in [1.54, 1.807) is 0 Å². The highest BCUT2D eigenvalue weighted by Gasteiger charge is 2.51. The summed E-state index contributed by atoms with van der Waals surface area (Å²) in [6.45, 7) is 0. The van der Waals surface area contributed by atoms with E-state index in [2.05, 4.69) is 176 Å². The van der Waals surface area contributed by atoms with Gasteiger partial charge in [-0.2, -0.15) is 0 Å². The lowest BCUT2D eigenvalue weighted by Gasteiger charge is -2.57. The molecule has 0 amide bonds. The zero-order chi connectivity index (χ0) is 47.8. The highest BCUT2D eigenvalue weighted by atomic mass is 32.1. The summed E-state index contributed by atoms with van der Waals surface area (Å²) in [5.74, 6) is 4.36. The topological polar surface area (TPSA) is 65.0 Å². The minimum absolute atomic E-state index is 0.339. The Balaban J connectivity index is 0.886. The molecule has 0 spiro atoms. The van der Waals surface area contributed by atoms with Gasteiger partial charge in [0, 0.05) is 52.8 Å². The third-order valence-electron chi connectivity index (χ3n) is 16.9. The van der Waals surface area contributed by atoms with Crippen molar-refractivity contribution in [3.05, 3.63) is 200 Å². The maximum Gasteiger partial charge on any atom is 0.167 e. The van der Waals surface area contributed by atoms with Crippen molar-refractivity contribution in [1.29, 1.82) is 0 Å². The number of benzene rings is 9. The van der Waals surface area contributed by atoms with Gasteiger partial charge in [0.05, 0.1) is 5.56 Å². The molecule has 73 heavy (non-hydrogen) atoms. The molecule has 9 aromatic carbocycles. The van der Waals surface area contributed by atoms with Gasteiger partial charge in [0.2, 0.25) is 0 Å². The van der Waals surface area contributed by atoms with Crippen molar-refractivity contribution in [2.45, 2.75) is 43.9 Å². The Bertz CT molecular complexity index is 4340. The van der Waals surface area contributed by atoms with Crippen LogP contribution in [-0.2, 0) is 5.41 Å². The number of fused-ring (bicyclic) bond motifs is 9. The van der Waals surface area contributed by atoms with Crippen LogP contribution in [0.1, 0.15) is 44.1 Å². The Morgan fingerprint density at radius 3 is 1.71 bits per heavy atom. The molecular formula is C67H47N3O2S. The summed E-state index contributed by atoms with van der Waals surface area (Å²) in [6.07, 6.45) is 8.40. The fourth-order valence-corrected chi connectivity index (χ4v) is 15.1. The summed E-state index contributed by atoms with van der Waals surface area (Å²) in [4.78, 5) is 16.2. The molecule has 5 nitrogen and oxygen atoms in total. The number of aromatic nitrogens is 3. The molecule has 4 fully saturated rings. The Labute approximate surface area is 425 Å². The number of hydrogen-bond donors (Lipinski definition) is 0. The first-order valence-corrected chi connectivity index (χ1v) is 26.7. The number of rotatable bonds is 7. The smallest absolute Gasteiger partial charge is 0.167 e. The SMILES string of the molecule is c1ccc(-c2cc(-c3ccc4c(c3)sc3ccccc34)cc(-c3nc(-c4ccc5c(c4)oc4ccccc45)nc(-c4ccc(-c5ccc(C67CC8CC(CC(C8)C6)C7)cc5)c5c4oc4ccccc45)n3)c2)cc1. The average Bonchev–Trinajstić information content (AvgIpc) is 4.14. The minimum Gasteiger partial charge on any atom is -0.456 e. The summed E-state index contributed by atoms with van der Waals surface area (Å²) in [6, 6.07) is 69.8. The van der Waals surface area contributed by atoms with E-state index in [1.807, 2.05) is 29.5 Å². The molecule has 4 aliphatic carbocycles. The van der Waals surface area contributed by atoms with Gasteiger partial charge in [-0.15, -0.1) is 11.3 Å². The summed E-state index contributed by atoms with van der Waals surface area (Å²) in [5, 5.41) is 6.82. The quantitative estimate of drug-likeness (QED) is 0.159. The third-order valence-corrected chi connectivity index (χ3v) is 18.0. The Morgan fingerprint density at radius 2 is 0.932 bits per heavy atom. The molecule has 348 valence electrons. The van der Waals surface area contributed by atoms with Gasteiger partial charge in [-0.25, -0.2) is 15.0 Å². The van der Waals surface area contributed by atoms with E-state index in [-0.39, 0.29) is 0 Å². The van der Waals surface area contributed by atoms with E-state index < -0.39 is 0 Å². The van der Waals surface area contributed by atoms with Crippen molar-refractivity contribution in [2.75, 3.05) is 0 Å². The summed E-state index contributed by atoms with van der Waals surface area (Å²) in [5.41, 5.74) is 14.4. The van der Waals surface area contributed by atoms with Crippen LogP contribution in [0.3, 0.4) is 0 Å². The van der Waals surface area contributed by atoms with Gasteiger partial charge in [0.25, 0.3) is 0 Å². The van der Waals surface area contributed by atoms with Gasteiger partial charge in [-0.1, -0.05) is 133 Å². The van der Waals surface area contributed by atoms with E-state index in [9.17, 15) is 0 Å². The van der Waals surface area contributed by atoms with Gasteiger partial charge in [-0.05, 0) is 161 Å². The van der Waals surface area contributed by atoms with E-state index in [0.29, 0.717) is 22.9 Å². The number of para-hydroxylation sites is 2. The van der Waals surface area contributed by atoms with Gasteiger partial charge >= 0.3 is 0 Å². The van der Waals surface area contributed by atoms with Crippen molar-refractivity contribution < 1.29 is 8.83 Å². The lowest BCUT2D eigenvalue weighted by molar-refractivity contribution is -0.00518. The molecule has 4 bridgehead atoms. The van der Waals surface area contributed by atoms with Gasteiger partial charge in [0.15, 0.2) is 17.5 Å². The Kier molecular flexibility index (Phi) is 9.03. The highest BCUT2D eigenvalue weighted by Crippen LogP contribution is 2.61. The molecule has 4 aromatic heterocycles. The van der Waals surface area contributed by atoms with Crippen LogP contribution in [0.5, 0.6) is 0 Å². The molecule has 4 saturated carbocycles.